The number of rotatable bonds is 5. The second-order valence-corrected chi connectivity index (χ2v) is 5.65. The van der Waals surface area contributed by atoms with Crippen LogP contribution in [0.1, 0.15) is 39.0 Å². The zero-order valence-corrected chi connectivity index (χ0v) is 12.1. The van der Waals surface area contributed by atoms with Crippen LogP contribution in [0.3, 0.4) is 0 Å². The fourth-order valence-corrected chi connectivity index (χ4v) is 2.41. The van der Waals surface area contributed by atoms with Crippen molar-refractivity contribution in [2.45, 2.75) is 45.1 Å². The zero-order valence-electron chi connectivity index (χ0n) is 12.1. The first-order chi connectivity index (χ1) is 9.19. The van der Waals surface area contributed by atoms with Gasteiger partial charge in [-0.15, -0.1) is 0 Å². The molecule has 5 heteroatoms. The molecule has 2 aliphatic rings. The number of piperidine rings is 1. The number of carbonyl (C=O) groups excluding carboxylic acids is 1. The minimum Gasteiger partial charge on any atom is -0.357 e. The Morgan fingerprint density at radius 2 is 2.21 bits per heavy atom. The standard InChI is InChI=1S/C14H26N4O/c1-3-15-14(16-9-8-11-4-5-11)17-12-6-7-13(19)18(2)10-12/h11-12H,3-10H2,1-2H3,(H2,15,16,17). The summed E-state index contributed by atoms with van der Waals surface area (Å²) in [6.07, 6.45) is 5.51. The van der Waals surface area contributed by atoms with Crippen LogP contribution in [-0.4, -0.2) is 49.5 Å². The maximum absolute atomic E-state index is 11.5. The molecule has 1 amide bonds. The normalized spacial score (nSPS) is 24.5. The molecule has 0 aromatic heterocycles. The van der Waals surface area contributed by atoms with Crippen LogP contribution in [-0.2, 0) is 4.79 Å². The van der Waals surface area contributed by atoms with Gasteiger partial charge < -0.3 is 15.5 Å². The molecule has 0 radical (unpaired) electrons. The van der Waals surface area contributed by atoms with Crippen LogP contribution in [0.4, 0.5) is 0 Å². The molecular weight excluding hydrogens is 240 g/mol. The van der Waals surface area contributed by atoms with Crippen molar-refractivity contribution in [3.05, 3.63) is 0 Å². The van der Waals surface area contributed by atoms with Gasteiger partial charge in [-0.3, -0.25) is 9.79 Å². The molecule has 108 valence electrons. The molecular formula is C14H26N4O. The molecule has 0 bridgehead atoms. The number of hydrogen-bond acceptors (Lipinski definition) is 2. The monoisotopic (exact) mass is 266 g/mol. The van der Waals surface area contributed by atoms with Gasteiger partial charge >= 0.3 is 0 Å². The lowest BCUT2D eigenvalue weighted by molar-refractivity contribution is -0.132. The molecule has 0 spiro atoms. The third-order valence-corrected chi connectivity index (χ3v) is 3.82. The minimum atomic E-state index is 0.244. The first-order valence-corrected chi connectivity index (χ1v) is 7.48. The summed E-state index contributed by atoms with van der Waals surface area (Å²) < 4.78 is 0. The lowest BCUT2D eigenvalue weighted by Crippen LogP contribution is -2.51. The number of carbonyl (C=O) groups is 1. The predicted octanol–water partition coefficient (Wildman–Crippen LogP) is 0.962. The van der Waals surface area contributed by atoms with E-state index in [2.05, 4.69) is 22.5 Å². The number of likely N-dealkylation sites (N-methyl/N-ethyl adjacent to an activating group) is 1. The highest BCUT2D eigenvalue weighted by Crippen LogP contribution is 2.32. The van der Waals surface area contributed by atoms with E-state index in [4.69, 9.17) is 0 Å². The van der Waals surface area contributed by atoms with Crippen molar-refractivity contribution < 1.29 is 4.79 Å². The van der Waals surface area contributed by atoms with Gasteiger partial charge in [0.1, 0.15) is 0 Å². The van der Waals surface area contributed by atoms with E-state index in [0.717, 1.165) is 37.9 Å². The van der Waals surface area contributed by atoms with Crippen molar-refractivity contribution in [1.29, 1.82) is 0 Å². The summed E-state index contributed by atoms with van der Waals surface area (Å²) in [6.45, 7) is 4.62. The smallest absolute Gasteiger partial charge is 0.222 e. The highest BCUT2D eigenvalue weighted by atomic mass is 16.2. The number of hydrogen-bond donors (Lipinski definition) is 2. The van der Waals surface area contributed by atoms with E-state index in [9.17, 15) is 4.79 Å². The molecule has 0 aromatic rings. The van der Waals surface area contributed by atoms with Gasteiger partial charge in [-0.1, -0.05) is 12.8 Å². The van der Waals surface area contributed by atoms with Crippen molar-refractivity contribution in [3.63, 3.8) is 0 Å². The van der Waals surface area contributed by atoms with Crippen molar-refractivity contribution >= 4 is 11.9 Å². The van der Waals surface area contributed by atoms with E-state index in [1.807, 2.05) is 7.05 Å². The van der Waals surface area contributed by atoms with Crippen LogP contribution in [0.2, 0.25) is 0 Å². The van der Waals surface area contributed by atoms with Crippen LogP contribution >= 0.6 is 0 Å². The largest absolute Gasteiger partial charge is 0.357 e. The lowest BCUT2D eigenvalue weighted by atomic mass is 10.1. The quantitative estimate of drug-likeness (QED) is 0.576. The maximum atomic E-state index is 11.5. The van der Waals surface area contributed by atoms with Crippen molar-refractivity contribution in [2.24, 2.45) is 10.9 Å². The van der Waals surface area contributed by atoms with Gasteiger partial charge in [0.05, 0.1) is 0 Å². The van der Waals surface area contributed by atoms with Gasteiger partial charge in [0.15, 0.2) is 5.96 Å². The second kappa shape index (κ2) is 6.78. The summed E-state index contributed by atoms with van der Waals surface area (Å²) in [5.41, 5.74) is 0. The Morgan fingerprint density at radius 1 is 1.42 bits per heavy atom. The van der Waals surface area contributed by atoms with E-state index in [1.165, 1.54) is 19.3 Å². The lowest BCUT2D eigenvalue weighted by Gasteiger charge is -2.31. The van der Waals surface area contributed by atoms with Crippen LogP contribution in [0, 0.1) is 5.92 Å². The van der Waals surface area contributed by atoms with Gasteiger partial charge in [-0.25, -0.2) is 0 Å². The van der Waals surface area contributed by atoms with Gasteiger partial charge in [0.25, 0.3) is 0 Å². The van der Waals surface area contributed by atoms with Crippen molar-refractivity contribution in [1.82, 2.24) is 15.5 Å². The first-order valence-electron chi connectivity index (χ1n) is 7.48. The Morgan fingerprint density at radius 3 is 2.84 bits per heavy atom. The number of aliphatic imine (C=N–C) groups is 1. The summed E-state index contributed by atoms with van der Waals surface area (Å²) in [4.78, 5) is 17.9. The summed E-state index contributed by atoms with van der Waals surface area (Å²) in [5, 5.41) is 6.73. The molecule has 1 heterocycles. The number of nitrogens with zero attached hydrogens (tertiary/aromatic N) is 2. The molecule has 0 aromatic carbocycles. The van der Waals surface area contributed by atoms with E-state index in [1.54, 1.807) is 4.90 Å². The highest BCUT2D eigenvalue weighted by Gasteiger charge is 2.23. The zero-order chi connectivity index (χ0) is 13.7. The van der Waals surface area contributed by atoms with Gasteiger partial charge in [0, 0.05) is 39.1 Å². The third kappa shape index (κ3) is 4.73. The molecule has 1 saturated carbocycles. The van der Waals surface area contributed by atoms with Gasteiger partial charge in [0.2, 0.25) is 5.91 Å². The van der Waals surface area contributed by atoms with E-state index in [0.29, 0.717) is 12.5 Å². The molecule has 1 saturated heterocycles. The first kappa shape index (κ1) is 14.2. The number of guanidine groups is 1. The van der Waals surface area contributed by atoms with E-state index >= 15 is 0 Å². The molecule has 2 N–H and O–H groups in total. The molecule has 1 aliphatic carbocycles. The average Bonchev–Trinajstić information content (AvgIpc) is 3.18. The summed E-state index contributed by atoms with van der Waals surface area (Å²) in [7, 11) is 1.87. The Balaban J connectivity index is 1.79. The number of likely N-dealkylation sites (tertiary alicyclic amines) is 1. The van der Waals surface area contributed by atoms with E-state index in [-0.39, 0.29) is 5.91 Å². The fourth-order valence-electron chi connectivity index (χ4n) is 2.41. The Hall–Kier alpha value is -1.26. The van der Waals surface area contributed by atoms with E-state index < -0.39 is 0 Å². The maximum Gasteiger partial charge on any atom is 0.222 e. The van der Waals surface area contributed by atoms with Crippen LogP contribution in [0.25, 0.3) is 0 Å². The van der Waals surface area contributed by atoms with Crippen molar-refractivity contribution in [3.8, 4) is 0 Å². The van der Waals surface area contributed by atoms with Crippen LogP contribution in [0.5, 0.6) is 0 Å². The molecule has 5 nitrogen and oxygen atoms in total. The van der Waals surface area contributed by atoms with Crippen LogP contribution < -0.4 is 10.6 Å². The number of nitrogens with one attached hydrogen (secondary N) is 2. The molecule has 19 heavy (non-hydrogen) atoms. The second-order valence-electron chi connectivity index (χ2n) is 5.65. The van der Waals surface area contributed by atoms with Gasteiger partial charge in [-0.2, -0.15) is 0 Å². The predicted molar refractivity (Wildman–Crippen MR) is 77.1 cm³/mol. The molecule has 1 unspecified atom stereocenters. The van der Waals surface area contributed by atoms with Crippen LogP contribution in [0.15, 0.2) is 4.99 Å². The fraction of sp³-hybridized carbons (Fsp3) is 0.857. The van der Waals surface area contributed by atoms with Gasteiger partial charge in [-0.05, 0) is 25.7 Å². The topological polar surface area (TPSA) is 56.7 Å². The molecule has 1 aliphatic heterocycles. The highest BCUT2D eigenvalue weighted by molar-refractivity contribution is 5.81. The Bertz CT molecular complexity index is 338. The Labute approximate surface area is 115 Å². The summed E-state index contributed by atoms with van der Waals surface area (Å²) in [5.74, 6) is 2.06. The summed E-state index contributed by atoms with van der Waals surface area (Å²) in [6, 6.07) is 0.321. The average molecular weight is 266 g/mol. The van der Waals surface area contributed by atoms with Crippen molar-refractivity contribution in [2.75, 3.05) is 26.7 Å². The molecule has 2 rings (SSSR count). The third-order valence-electron chi connectivity index (χ3n) is 3.82. The minimum absolute atomic E-state index is 0.244. The molecule has 2 fully saturated rings. The Kier molecular flexibility index (Phi) is 5.05. The summed E-state index contributed by atoms with van der Waals surface area (Å²) >= 11 is 0. The number of amides is 1. The SMILES string of the molecule is CCNC(=NCCC1CC1)NC1CCC(=O)N(C)C1. The molecule has 1 atom stereocenters.